The molecule has 0 aromatic heterocycles. The molecule has 0 radical (unpaired) electrons. The highest BCUT2D eigenvalue weighted by Gasteiger charge is 2.32. The van der Waals surface area contributed by atoms with E-state index >= 15 is 0 Å². The highest BCUT2D eigenvalue weighted by atomic mass is 19.4. The van der Waals surface area contributed by atoms with Crippen LogP contribution >= 0.6 is 0 Å². The van der Waals surface area contributed by atoms with Crippen LogP contribution in [-0.2, 0) is 6.18 Å². The van der Waals surface area contributed by atoms with Gasteiger partial charge in [-0.3, -0.25) is 0 Å². The van der Waals surface area contributed by atoms with Crippen LogP contribution in [0.15, 0.2) is 18.2 Å². The van der Waals surface area contributed by atoms with Gasteiger partial charge in [-0.2, -0.15) is 18.4 Å². The van der Waals surface area contributed by atoms with Crippen molar-refractivity contribution in [1.29, 1.82) is 5.26 Å². The molecule has 0 atom stereocenters. The summed E-state index contributed by atoms with van der Waals surface area (Å²) in [6.07, 6.45) is -4.58. The first-order valence-corrected chi connectivity index (χ1v) is 5.54. The van der Waals surface area contributed by atoms with Crippen LogP contribution < -0.4 is 5.32 Å². The molecule has 1 rings (SSSR count). The van der Waals surface area contributed by atoms with Crippen LogP contribution in [0.1, 0.15) is 11.1 Å². The van der Waals surface area contributed by atoms with Crippen molar-refractivity contribution in [2.24, 2.45) is 0 Å². The lowest BCUT2D eigenvalue weighted by Gasteiger charge is -2.30. The number of halogens is 3. The molecule has 0 aliphatic rings. The number of hydrogen-bond donors (Lipinski definition) is 4. The lowest BCUT2D eigenvalue weighted by Crippen LogP contribution is -2.49. The molecule has 0 saturated carbocycles. The van der Waals surface area contributed by atoms with Crippen LogP contribution in [0.5, 0.6) is 0 Å². The van der Waals surface area contributed by atoms with Gasteiger partial charge in [0, 0.05) is 0 Å². The number of nitrogens with one attached hydrogen (secondary N) is 1. The normalized spacial score (nSPS) is 12.1. The number of benzene rings is 1. The number of nitrogens with zero attached hydrogens (tertiary/aromatic N) is 1. The summed E-state index contributed by atoms with van der Waals surface area (Å²) in [6.45, 7) is -1.98. The molecule has 5 nitrogen and oxygen atoms in total. The second kappa shape index (κ2) is 6.09. The Balaban J connectivity index is 3.18. The van der Waals surface area contributed by atoms with Crippen molar-refractivity contribution in [2.75, 3.05) is 25.1 Å². The molecule has 20 heavy (non-hydrogen) atoms. The number of hydrogen-bond acceptors (Lipinski definition) is 5. The van der Waals surface area contributed by atoms with Gasteiger partial charge in [0.15, 0.2) is 0 Å². The van der Waals surface area contributed by atoms with E-state index in [1.54, 1.807) is 6.07 Å². The smallest absolute Gasteiger partial charge is 0.394 e. The molecule has 0 aliphatic heterocycles. The second-order valence-corrected chi connectivity index (χ2v) is 4.25. The summed E-state index contributed by atoms with van der Waals surface area (Å²) in [5.74, 6) is 0. The summed E-state index contributed by atoms with van der Waals surface area (Å²) >= 11 is 0. The third-order valence-electron chi connectivity index (χ3n) is 2.78. The Morgan fingerprint density at radius 3 is 2.05 bits per heavy atom. The first-order valence-electron chi connectivity index (χ1n) is 5.54. The van der Waals surface area contributed by atoms with Gasteiger partial charge < -0.3 is 20.6 Å². The van der Waals surface area contributed by atoms with Gasteiger partial charge in [0.05, 0.1) is 36.6 Å². The zero-order valence-corrected chi connectivity index (χ0v) is 10.3. The molecule has 0 unspecified atom stereocenters. The number of aliphatic hydroxyl groups excluding tert-OH is 3. The predicted molar refractivity (Wildman–Crippen MR) is 63.8 cm³/mol. The summed E-state index contributed by atoms with van der Waals surface area (Å²) in [4.78, 5) is 0. The van der Waals surface area contributed by atoms with Crippen LogP contribution in [0.4, 0.5) is 18.9 Å². The first kappa shape index (κ1) is 16.2. The van der Waals surface area contributed by atoms with Crippen molar-refractivity contribution in [1.82, 2.24) is 0 Å². The summed E-state index contributed by atoms with van der Waals surface area (Å²) in [5, 5.41) is 38.8. The maximum Gasteiger partial charge on any atom is 0.416 e. The Morgan fingerprint density at radius 2 is 1.65 bits per heavy atom. The first-order chi connectivity index (χ1) is 9.31. The summed E-state index contributed by atoms with van der Waals surface area (Å²) in [6, 6.07) is 4.02. The quantitative estimate of drug-likeness (QED) is 0.640. The highest BCUT2D eigenvalue weighted by molar-refractivity contribution is 5.60. The second-order valence-electron chi connectivity index (χ2n) is 4.25. The van der Waals surface area contributed by atoms with E-state index < -0.39 is 37.1 Å². The molecule has 0 aliphatic carbocycles. The van der Waals surface area contributed by atoms with Gasteiger partial charge in [-0.25, -0.2) is 0 Å². The van der Waals surface area contributed by atoms with E-state index in [-0.39, 0.29) is 11.3 Å². The van der Waals surface area contributed by atoms with Crippen molar-refractivity contribution in [3.05, 3.63) is 29.3 Å². The highest BCUT2D eigenvalue weighted by Crippen LogP contribution is 2.32. The minimum atomic E-state index is -4.58. The molecular formula is C12H13F3N2O3. The lowest BCUT2D eigenvalue weighted by molar-refractivity contribution is -0.137. The number of alkyl halides is 3. The fourth-order valence-electron chi connectivity index (χ4n) is 1.48. The largest absolute Gasteiger partial charge is 0.416 e. The van der Waals surface area contributed by atoms with Gasteiger partial charge in [-0.05, 0) is 18.2 Å². The van der Waals surface area contributed by atoms with Crippen molar-refractivity contribution in [3.8, 4) is 6.07 Å². The van der Waals surface area contributed by atoms with Gasteiger partial charge in [0.25, 0.3) is 0 Å². The maximum absolute atomic E-state index is 12.5. The average Bonchev–Trinajstić information content (AvgIpc) is 2.44. The standard InChI is InChI=1S/C12H13F3N2O3/c13-12(14,15)9-1-2-10(8(3-9)4-16)17-11(5-18,6-19)7-20/h1-3,17-20H,5-7H2. The van der Waals surface area contributed by atoms with E-state index in [0.717, 1.165) is 12.1 Å². The van der Waals surface area contributed by atoms with Crippen LogP contribution in [0.3, 0.4) is 0 Å². The van der Waals surface area contributed by atoms with Crippen LogP contribution in [-0.4, -0.2) is 40.7 Å². The van der Waals surface area contributed by atoms with Crippen molar-refractivity contribution in [3.63, 3.8) is 0 Å². The fraction of sp³-hybridized carbons (Fsp3) is 0.417. The molecule has 0 saturated heterocycles. The van der Waals surface area contributed by atoms with Gasteiger partial charge in [-0.1, -0.05) is 0 Å². The Bertz CT molecular complexity index is 499. The fourth-order valence-corrected chi connectivity index (χ4v) is 1.48. The maximum atomic E-state index is 12.5. The van der Waals surface area contributed by atoms with E-state index in [9.17, 15) is 13.2 Å². The molecule has 110 valence electrons. The molecule has 4 N–H and O–H groups in total. The van der Waals surface area contributed by atoms with Gasteiger partial charge >= 0.3 is 6.18 Å². The SMILES string of the molecule is N#Cc1cc(C(F)(F)F)ccc1NC(CO)(CO)CO. The van der Waals surface area contributed by atoms with E-state index in [0.29, 0.717) is 6.07 Å². The minimum Gasteiger partial charge on any atom is -0.394 e. The van der Waals surface area contributed by atoms with E-state index in [1.807, 2.05) is 0 Å². The Labute approximate surface area is 112 Å². The predicted octanol–water partition coefficient (Wildman–Crippen LogP) is 0.705. The zero-order chi connectivity index (χ0) is 15.4. The van der Waals surface area contributed by atoms with Crippen LogP contribution in [0.2, 0.25) is 0 Å². The Morgan fingerprint density at radius 1 is 1.10 bits per heavy atom. The van der Waals surface area contributed by atoms with E-state index in [2.05, 4.69) is 5.32 Å². The van der Waals surface area contributed by atoms with Crippen LogP contribution in [0.25, 0.3) is 0 Å². The monoisotopic (exact) mass is 290 g/mol. The van der Waals surface area contributed by atoms with Gasteiger partial charge in [0.1, 0.15) is 11.6 Å². The third kappa shape index (κ3) is 3.39. The lowest BCUT2D eigenvalue weighted by atomic mass is 10.0. The number of aliphatic hydroxyl groups is 3. The van der Waals surface area contributed by atoms with Gasteiger partial charge in [-0.15, -0.1) is 0 Å². The third-order valence-corrected chi connectivity index (χ3v) is 2.78. The molecule has 8 heteroatoms. The number of nitriles is 1. The summed E-state index contributed by atoms with van der Waals surface area (Å²) in [7, 11) is 0. The summed E-state index contributed by atoms with van der Waals surface area (Å²) in [5.41, 5.74) is -2.83. The molecule has 1 aromatic carbocycles. The Hall–Kier alpha value is -1.82. The Kier molecular flexibility index (Phi) is 4.94. The summed E-state index contributed by atoms with van der Waals surface area (Å²) < 4.78 is 37.6. The zero-order valence-electron chi connectivity index (χ0n) is 10.3. The molecule has 1 aromatic rings. The van der Waals surface area contributed by atoms with Crippen molar-refractivity contribution in [2.45, 2.75) is 11.7 Å². The molecule has 0 fully saturated rings. The van der Waals surface area contributed by atoms with Gasteiger partial charge in [0.2, 0.25) is 0 Å². The molecule has 0 spiro atoms. The van der Waals surface area contributed by atoms with Crippen molar-refractivity contribution >= 4 is 5.69 Å². The van der Waals surface area contributed by atoms with E-state index in [1.165, 1.54) is 0 Å². The molecule has 0 heterocycles. The molecule has 0 bridgehead atoms. The topological polar surface area (TPSA) is 96.5 Å². The number of anilines is 1. The average molecular weight is 290 g/mol. The van der Waals surface area contributed by atoms with E-state index in [4.69, 9.17) is 20.6 Å². The minimum absolute atomic E-state index is 0.0161. The van der Waals surface area contributed by atoms with Crippen molar-refractivity contribution < 1.29 is 28.5 Å². The molecule has 0 amide bonds. The molecular weight excluding hydrogens is 277 g/mol. The number of rotatable bonds is 5. The van der Waals surface area contributed by atoms with Crippen LogP contribution in [0, 0.1) is 11.3 Å².